The SMILES string of the molecule is NC(=O)COCCNC(=O)Oc1ccccc1. The van der Waals surface area contributed by atoms with Gasteiger partial charge in [0.2, 0.25) is 5.91 Å². The van der Waals surface area contributed by atoms with Gasteiger partial charge in [0.15, 0.2) is 0 Å². The van der Waals surface area contributed by atoms with Gasteiger partial charge in [-0.2, -0.15) is 0 Å². The zero-order valence-corrected chi connectivity index (χ0v) is 9.22. The predicted octanol–water partition coefficient (Wildman–Crippen LogP) is 0.277. The zero-order valence-electron chi connectivity index (χ0n) is 9.22. The summed E-state index contributed by atoms with van der Waals surface area (Å²) in [5.74, 6) is -0.0834. The van der Waals surface area contributed by atoms with E-state index in [2.05, 4.69) is 5.32 Å². The van der Waals surface area contributed by atoms with E-state index in [0.29, 0.717) is 5.75 Å². The highest BCUT2D eigenvalue weighted by molar-refractivity contribution is 5.75. The highest BCUT2D eigenvalue weighted by Gasteiger charge is 2.02. The lowest BCUT2D eigenvalue weighted by molar-refractivity contribution is -0.122. The van der Waals surface area contributed by atoms with E-state index in [0.717, 1.165) is 0 Å². The van der Waals surface area contributed by atoms with Gasteiger partial charge in [-0.15, -0.1) is 0 Å². The molecule has 0 heterocycles. The second-order valence-electron chi connectivity index (χ2n) is 3.15. The molecule has 0 aliphatic carbocycles. The average molecular weight is 238 g/mol. The molecule has 0 bridgehead atoms. The molecule has 0 saturated heterocycles. The maximum Gasteiger partial charge on any atom is 0.412 e. The van der Waals surface area contributed by atoms with Crippen LogP contribution in [-0.4, -0.2) is 31.8 Å². The number of primary amides is 1. The molecule has 1 aromatic carbocycles. The minimum Gasteiger partial charge on any atom is -0.410 e. The van der Waals surface area contributed by atoms with Gasteiger partial charge in [-0.25, -0.2) is 4.79 Å². The zero-order chi connectivity index (χ0) is 12.5. The van der Waals surface area contributed by atoms with E-state index in [-0.39, 0.29) is 19.8 Å². The second kappa shape index (κ2) is 7.24. The molecule has 0 radical (unpaired) electrons. The van der Waals surface area contributed by atoms with Crippen LogP contribution in [0.4, 0.5) is 4.79 Å². The molecule has 0 aliphatic rings. The van der Waals surface area contributed by atoms with Crippen molar-refractivity contribution in [3.05, 3.63) is 30.3 Å². The molecule has 0 fully saturated rings. The molecule has 0 saturated carbocycles. The third-order valence-corrected chi connectivity index (χ3v) is 1.71. The van der Waals surface area contributed by atoms with Crippen LogP contribution in [0.1, 0.15) is 0 Å². The Hall–Kier alpha value is -2.08. The van der Waals surface area contributed by atoms with Crippen molar-refractivity contribution in [3.63, 3.8) is 0 Å². The standard InChI is InChI=1S/C11H14N2O4/c12-10(14)8-16-7-6-13-11(15)17-9-4-2-1-3-5-9/h1-5H,6-8H2,(H2,12,14)(H,13,15). The highest BCUT2D eigenvalue weighted by Crippen LogP contribution is 2.07. The Kier molecular flexibility index (Phi) is 5.53. The van der Waals surface area contributed by atoms with Gasteiger partial charge in [-0.3, -0.25) is 4.79 Å². The molecule has 0 atom stereocenters. The summed E-state index contributed by atoms with van der Waals surface area (Å²) in [4.78, 5) is 21.6. The third-order valence-electron chi connectivity index (χ3n) is 1.71. The van der Waals surface area contributed by atoms with E-state index in [1.54, 1.807) is 24.3 Å². The van der Waals surface area contributed by atoms with Crippen LogP contribution in [0.25, 0.3) is 0 Å². The van der Waals surface area contributed by atoms with Gasteiger partial charge >= 0.3 is 6.09 Å². The second-order valence-corrected chi connectivity index (χ2v) is 3.15. The smallest absolute Gasteiger partial charge is 0.410 e. The molecular weight excluding hydrogens is 224 g/mol. The highest BCUT2D eigenvalue weighted by atomic mass is 16.6. The lowest BCUT2D eigenvalue weighted by Crippen LogP contribution is -2.31. The van der Waals surface area contributed by atoms with Crippen LogP contribution >= 0.6 is 0 Å². The van der Waals surface area contributed by atoms with Crippen LogP contribution in [0.2, 0.25) is 0 Å². The van der Waals surface area contributed by atoms with Crippen molar-refractivity contribution >= 4 is 12.0 Å². The van der Waals surface area contributed by atoms with E-state index in [4.69, 9.17) is 15.2 Å². The Morgan fingerprint density at radius 1 is 1.24 bits per heavy atom. The molecule has 0 aliphatic heterocycles. The number of nitrogens with two attached hydrogens (primary N) is 1. The first kappa shape index (κ1) is 13.0. The van der Waals surface area contributed by atoms with Crippen molar-refractivity contribution in [3.8, 4) is 5.75 Å². The summed E-state index contributed by atoms with van der Waals surface area (Å²) in [6, 6.07) is 8.69. The summed E-state index contributed by atoms with van der Waals surface area (Å²) in [6.07, 6.45) is -0.570. The largest absolute Gasteiger partial charge is 0.412 e. The Morgan fingerprint density at radius 3 is 2.59 bits per heavy atom. The van der Waals surface area contributed by atoms with Crippen LogP contribution in [0, 0.1) is 0 Å². The van der Waals surface area contributed by atoms with Gasteiger partial charge in [-0.1, -0.05) is 18.2 Å². The number of carbonyl (C=O) groups is 2. The fraction of sp³-hybridized carbons (Fsp3) is 0.273. The number of hydrogen-bond donors (Lipinski definition) is 2. The van der Waals surface area contributed by atoms with E-state index < -0.39 is 12.0 Å². The lowest BCUT2D eigenvalue weighted by atomic mass is 10.3. The van der Waals surface area contributed by atoms with E-state index in [1.165, 1.54) is 0 Å². The monoisotopic (exact) mass is 238 g/mol. The minimum atomic E-state index is -0.570. The van der Waals surface area contributed by atoms with Gasteiger partial charge in [0.25, 0.3) is 0 Å². The minimum absolute atomic E-state index is 0.157. The summed E-state index contributed by atoms with van der Waals surface area (Å²) in [5, 5.41) is 2.47. The summed E-state index contributed by atoms with van der Waals surface area (Å²) < 4.78 is 9.80. The fourth-order valence-corrected chi connectivity index (χ4v) is 1.03. The number of benzene rings is 1. The molecule has 1 rings (SSSR count). The molecule has 1 aromatic rings. The normalized spacial score (nSPS) is 9.65. The number of amides is 2. The van der Waals surface area contributed by atoms with Crippen LogP contribution in [-0.2, 0) is 9.53 Å². The molecule has 0 aromatic heterocycles. The van der Waals surface area contributed by atoms with Crippen LogP contribution < -0.4 is 15.8 Å². The maximum atomic E-state index is 11.2. The van der Waals surface area contributed by atoms with E-state index >= 15 is 0 Å². The summed E-state index contributed by atoms with van der Waals surface area (Å²) in [7, 11) is 0. The van der Waals surface area contributed by atoms with Gasteiger partial charge in [-0.05, 0) is 12.1 Å². The van der Waals surface area contributed by atoms with Gasteiger partial charge in [0, 0.05) is 6.54 Å². The van der Waals surface area contributed by atoms with E-state index in [1.807, 2.05) is 6.07 Å². The topological polar surface area (TPSA) is 90.7 Å². The van der Waals surface area contributed by atoms with Crippen LogP contribution in [0.15, 0.2) is 30.3 Å². The van der Waals surface area contributed by atoms with Crippen molar-refractivity contribution < 1.29 is 19.1 Å². The Bertz CT molecular complexity index is 367. The Labute approximate surface area is 98.7 Å². The van der Waals surface area contributed by atoms with Gasteiger partial charge < -0.3 is 20.5 Å². The molecule has 6 heteroatoms. The van der Waals surface area contributed by atoms with Crippen molar-refractivity contribution in [2.75, 3.05) is 19.8 Å². The molecule has 6 nitrogen and oxygen atoms in total. The average Bonchev–Trinajstić information content (AvgIpc) is 2.29. The fourth-order valence-electron chi connectivity index (χ4n) is 1.03. The van der Waals surface area contributed by atoms with Crippen LogP contribution in [0.5, 0.6) is 5.75 Å². The number of nitrogens with one attached hydrogen (secondary N) is 1. The first-order valence-electron chi connectivity index (χ1n) is 5.05. The van der Waals surface area contributed by atoms with Crippen molar-refractivity contribution in [1.29, 1.82) is 0 Å². The van der Waals surface area contributed by atoms with Crippen LogP contribution in [0.3, 0.4) is 0 Å². The first-order valence-corrected chi connectivity index (χ1v) is 5.05. The first-order chi connectivity index (χ1) is 8.18. The van der Waals surface area contributed by atoms with Crippen molar-refractivity contribution in [2.24, 2.45) is 5.73 Å². The lowest BCUT2D eigenvalue weighted by Gasteiger charge is -2.06. The number of carbonyl (C=O) groups excluding carboxylic acids is 2. The summed E-state index contributed by atoms with van der Waals surface area (Å²) in [6.45, 7) is 0.293. The van der Waals surface area contributed by atoms with Crippen molar-refractivity contribution in [2.45, 2.75) is 0 Å². The van der Waals surface area contributed by atoms with Gasteiger partial charge in [0.1, 0.15) is 12.4 Å². The quantitative estimate of drug-likeness (QED) is 0.696. The molecule has 17 heavy (non-hydrogen) atoms. The molecule has 0 unspecified atom stereocenters. The van der Waals surface area contributed by atoms with E-state index in [9.17, 15) is 9.59 Å². The maximum absolute atomic E-state index is 11.2. The Morgan fingerprint density at radius 2 is 1.94 bits per heavy atom. The number of rotatable bonds is 6. The number of para-hydroxylation sites is 1. The third kappa shape index (κ3) is 6.16. The Balaban J connectivity index is 2.12. The summed E-state index contributed by atoms with van der Waals surface area (Å²) in [5.41, 5.74) is 4.86. The predicted molar refractivity (Wildman–Crippen MR) is 60.5 cm³/mol. The number of hydrogen-bond acceptors (Lipinski definition) is 4. The molecule has 92 valence electrons. The summed E-state index contributed by atoms with van der Waals surface area (Å²) >= 11 is 0. The van der Waals surface area contributed by atoms with Gasteiger partial charge in [0.05, 0.1) is 6.61 Å². The molecule has 2 amide bonds. The molecular formula is C11H14N2O4. The number of ether oxygens (including phenoxy) is 2. The van der Waals surface area contributed by atoms with Crippen molar-refractivity contribution in [1.82, 2.24) is 5.32 Å². The molecule has 0 spiro atoms. The molecule has 3 N–H and O–H groups in total.